The quantitative estimate of drug-likeness (QED) is 0.320. The molecule has 1 heterocycles. The zero-order chi connectivity index (χ0) is 32.9. The number of halogens is 3. The summed E-state index contributed by atoms with van der Waals surface area (Å²) >= 11 is 0. The third kappa shape index (κ3) is 7.84. The summed E-state index contributed by atoms with van der Waals surface area (Å²) < 4.78 is 63.6. The molecular weight excluding hydrogens is 605 g/mol. The van der Waals surface area contributed by atoms with Crippen LogP contribution in [0.5, 0.6) is 0 Å². The smallest absolute Gasteiger partial charge is 0.359 e. The summed E-state index contributed by atoms with van der Waals surface area (Å²) in [5.41, 5.74) is 1.63. The van der Waals surface area contributed by atoms with Gasteiger partial charge in [-0.05, 0) is 72.5 Å². The van der Waals surface area contributed by atoms with Crippen molar-refractivity contribution >= 4 is 27.3 Å². The minimum Gasteiger partial charge on any atom is -0.359 e. The molecule has 238 valence electrons. The van der Waals surface area contributed by atoms with E-state index in [9.17, 15) is 36.4 Å². The number of nitriles is 1. The molecule has 0 radical (unpaired) electrons. The number of likely N-dealkylation sites (N-methyl/N-ethyl adjacent to an activating group) is 1. The highest BCUT2D eigenvalue weighted by Crippen LogP contribution is 2.36. The Labute approximate surface area is 261 Å². The number of rotatable bonds is 9. The SMILES string of the molecule is CCS(=O)(=O)c1ccc(C(CC#N)NC(=O)c2ccc(N3C[C@H](c4ccc(C(F)(F)F)cc4)CCC3C(=O)N(C)C)cc2)cc1. The number of carbonyl (C=O) groups is 2. The average Bonchev–Trinajstić information content (AvgIpc) is 3.03. The first-order chi connectivity index (χ1) is 21.2. The maximum atomic E-state index is 13.2. The lowest BCUT2D eigenvalue weighted by Gasteiger charge is -2.41. The molecule has 0 aromatic heterocycles. The molecule has 3 atom stereocenters. The third-order valence-corrected chi connectivity index (χ3v) is 9.85. The highest BCUT2D eigenvalue weighted by atomic mass is 32.2. The second kappa shape index (κ2) is 13.7. The van der Waals surface area contributed by atoms with Crippen LogP contribution in [0.1, 0.15) is 65.2 Å². The van der Waals surface area contributed by atoms with E-state index in [0.717, 1.165) is 17.7 Å². The van der Waals surface area contributed by atoms with Crippen LogP contribution in [0.4, 0.5) is 18.9 Å². The van der Waals surface area contributed by atoms with Gasteiger partial charge in [0.05, 0.1) is 34.7 Å². The minimum atomic E-state index is -4.43. The third-order valence-electron chi connectivity index (χ3n) is 8.10. The number of carbonyl (C=O) groups excluding carboxylic acids is 2. The van der Waals surface area contributed by atoms with Crippen LogP contribution in [-0.2, 0) is 20.8 Å². The van der Waals surface area contributed by atoms with Gasteiger partial charge in [-0.25, -0.2) is 8.42 Å². The van der Waals surface area contributed by atoms with Crippen LogP contribution in [0.25, 0.3) is 0 Å². The van der Waals surface area contributed by atoms with Gasteiger partial charge in [0.25, 0.3) is 5.91 Å². The number of nitrogens with one attached hydrogen (secondary N) is 1. The molecule has 1 fully saturated rings. The van der Waals surface area contributed by atoms with Crippen LogP contribution >= 0.6 is 0 Å². The van der Waals surface area contributed by atoms with Gasteiger partial charge >= 0.3 is 6.18 Å². The van der Waals surface area contributed by atoms with Crippen LogP contribution < -0.4 is 10.2 Å². The van der Waals surface area contributed by atoms with Crippen molar-refractivity contribution in [2.75, 3.05) is 31.3 Å². The van der Waals surface area contributed by atoms with Crippen molar-refractivity contribution in [2.45, 2.75) is 55.3 Å². The van der Waals surface area contributed by atoms with Gasteiger partial charge in [0, 0.05) is 37.8 Å². The Balaban J connectivity index is 1.54. The van der Waals surface area contributed by atoms with Gasteiger partial charge in [0.1, 0.15) is 6.04 Å². The van der Waals surface area contributed by atoms with E-state index in [1.165, 1.54) is 29.2 Å². The monoisotopic (exact) mass is 640 g/mol. The van der Waals surface area contributed by atoms with Crippen molar-refractivity contribution in [2.24, 2.45) is 0 Å². The number of piperidine rings is 1. The van der Waals surface area contributed by atoms with Crippen LogP contribution in [0.2, 0.25) is 0 Å². The van der Waals surface area contributed by atoms with Gasteiger partial charge in [-0.1, -0.05) is 31.2 Å². The van der Waals surface area contributed by atoms with Gasteiger partial charge in [0.2, 0.25) is 5.91 Å². The first-order valence-corrected chi connectivity index (χ1v) is 16.2. The molecule has 3 aromatic carbocycles. The fourth-order valence-corrected chi connectivity index (χ4v) is 6.37. The van der Waals surface area contributed by atoms with E-state index in [4.69, 9.17) is 0 Å². The largest absolute Gasteiger partial charge is 0.416 e. The number of sulfone groups is 1. The fourth-order valence-electron chi connectivity index (χ4n) is 5.49. The molecule has 4 rings (SSSR count). The first-order valence-electron chi connectivity index (χ1n) is 14.5. The lowest BCUT2D eigenvalue weighted by atomic mass is 9.86. The zero-order valence-corrected chi connectivity index (χ0v) is 26.0. The van der Waals surface area contributed by atoms with E-state index in [1.54, 1.807) is 57.4 Å². The van der Waals surface area contributed by atoms with Crippen molar-refractivity contribution < 1.29 is 31.2 Å². The minimum absolute atomic E-state index is 0.0306. The van der Waals surface area contributed by atoms with Gasteiger partial charge in [0.15, 0.2) is 9.84 Å². The van der Waals surface area contributed by atoms with Crippen molar-refractivity contribution in [1.29, 1.82) is 5.26 Å². The summed E-state index contributed by atoms with van der Waals surface area (Å²) in [5.74, 6) is -0.682. The Kier molecular flexibility index (Phi) is 10.2. The predicted molar refractivity (Wildman–Crippen MR) is 164 cm³/mol. The van der Waals surface area contributed by atoms with Crippen LogP contribution in [-0.4, -0.2) is 57.6 Å². The highest BCUT2D eigenvalue weighted by Gasteiger charge is 2.35. The van der Waals surface area contributed by atoms with E-state index in [0.29, 0.717) is 36.2 Å². The molecule has 0 saturated carbocycles. The Morgan fingerprint density at radius 2 is 1.62 bits per heavy atom. The van der Waals surface area contributed by atoms with Gasteiger partial charge in [-0.2, -0.15) is 18.4 Å². The maximum absolute atomic E-state index is 13.2. The second-order valence-corrected chi connectivity index (χ2v) is 13.5. The van der Waals surface area contributed by atoms with Crippen LogP contribution in [0.3, 0.4) is 0 Å². The van der Waals surface area contributed by atoms with Gasteiger partial charge < -0.3 is 15.1 Å². The predicted octanol–water partition coefficient (Wildman–Crippen LogP) is 5.72. The van der Waals surface area contributed by atoms with Crippen molar-refractivity contribution in [3.05, 3.63) is 95.1 Å². The van der Waals surface area contributed by atoms with Crippen molar-refractivity contribution in [1.82, 2.24) is 10.2 Å². The molecule has 0 spiro atoms. The molecular formula is C33H35F3N4O4S. The number of hydrogen-bond donors (Lipinski definition) is 1. The van der Waals surface area contributed by atoms with E-state index < -0.39 is 39.6 Å². The summed E-state index contributed by atoms with van der Waals surface area (Å²) in [4.78, 5) is 29.9. The Morgan fingerprint density at radius 1 is 1.00 bits per heavy atom. The summed E-state index contributed by atoms with van der Waals surface area (Å²) in [7, 11) is -0.0534. The number of amides is 2. The molecule has 2 unspecified atom stereocenters. The molecule has 1 aliphatic heterocycles. The Bertz CT molecular complexity index is 1650. The lowest BCUT2D eigenvalue weighted by molar-refractivity contribution is -0.137. The molecule has 1 N–H and O–H groups in total. The average molecular weight is 641 g/mol. The molecule has 12 heteroatoms. The molecule has 45 heavy (non-hydrogen) atoms. The van der Waals surface area contributed by atoms with Crippen LogP contribution in [0.15, 0.2) is 77.7 Å². The lowest BCUT2D eigenvalue weighted by Crippen LogP contribution is -2.51. The summed E-state index contributed by atoms with van der Waals surface area (Å²) in [6, 6.07) is 18.8. The number of hydrogen-bond acceptors (Lipinski definition) is 6. The van der Waals surface area contributed by atoms with E-state index in [-0.39, 0.29) is 28.9 Å². The van der Waals surface area contributed by atoms with E-state index >= 15 is 0 Å². The van der Waals surface area contributed by atoms with Gasteiger partial charge in [-0.15, -0.1) is 0 Å². The number of alkyl halides is 3. The second-order valence-electron chi connectivity index (χ2n) is 11.2. The standard InChI is InChI=1S/C33H35F3N4O4S/c1-4-45(43,44)28-16-9-23(10-17-28)29(19-20-37)38-31(41)24-7-14-27(15-8-24)40-21-25(11-18-30(40)32(42)39(2)3)22-5-12-26(13-6-22)33(34,35)36/h5-10,12-17,25,29-30H,4,11,18-19,21H2,1-3H3,(H,38,41)/t25-,29?,30?/m1/s1. The molecule has 1 saturated heterocycles. The van der Waals surface area contributed by atoms with E-state index in [2.05, 4.69) is 11.4 Å². The molecule has 3 aromatic rings. The summed E-state index contributed by atoms with van der Waals surface area (Å²) in [6.07, 6.45) is -3.33. The molecule has 2 amide bonds. The maximum Gasteiger partial charge on any atom is 0.416 e. The normalized spacial score (nSPS) is 17.7. The van der Waals surface area contributed by atoms with Crippen molar-refractivity contribution in [3.8, 4) is 6.07 Å². The van der Waals surface area contributed by atoms with E-state index in [1.807, 2.05) is 4.90 Å². The summed E-state index contributed by atoms with van der Waals surface area (Å²) in [5, 5.41) is 12.2. The zero-order valence-electron chi connectivity index (χ0n) is 25.2. The Hall–Kier alpha value is -4.37. The molecule has 0 aliphatic carbocycles. The number of anilines is 1. The number of benzene rings is 3. The van der Waals surface area contributed by atoms with Gasteiger partial charge in [-0.3, -0.25) is 9.59 Å². The molecule has 8 nitrogen and oxygen atoms in total. The highest BCUT2D eigenvalue weighted by molar-refractivity contribution is 7.91. The summed E-state index contributed by atoms with van der Waals surface area (Å²) in [6.45, 7) is 1.95. The topological polar surface area (TPSA) is 111 Å². The van der Waals surface area contributed by atoms with Crippen LogP contribution in [0, 0.1) is 11.3 Å². The molecule has 1 aliphatic rings. The van der Waals surface area contributed by atoms with Crippen molar-refractivity contribution in [3.63, 3.8) is 0 Å². The Morgan fingerprint density at radius 3 is 2.16 bits per heavy atom. The number of nitrogens with zero attached hydrogens (tertiary/aromatic N) is 3. The fraction of sp³-hybridized carbons (Fsp3) is 0.364. The first kappa shape index (κ1) is 33.5. The molecule has 0 bridgehead atoms.